The number of rotatable bonds is 5. The van der Waals surface area contributed by atoms with Gasteiger partial charge in [0, 0.05) is 12.6 Å². The maximum absolute atomic E-state index is 11.4. The average Bonchev–Trinajstić information content (AvgIpc) is 2.33. The molecule has 0 amide bonds. The molecule has 0 fully saturated rings. The predicted molar refractivity (Wildman–Crippen MR) is 71.2 cm³/mol. The number of aryl methyl sites for hydroxylation is 1. The Kier molecular flexibility index (Phi) is 4.64. The summed E-state index contributed by atoms with van der Waals surface area (Å²) in [6.07, 6.45) is 0.932. The van der Waals surface area contributed by atoms with Gasteiger partial charge >= 0.3 is 5.97 Å². The highest BCUT2D eigenvalue weighted by atomic mass is 16.4. The third kappa shape index (κ3) is 2.60. The van der Waals surface area contributed by atoms with E-state index >= 15 is 0 Å². The highest BCUT2D eigenvalue weighted by molar-refractivity contribution is 5.95. The Hall–Kier alpha value is -1.65. The second-order valence-electron chi connectivity index (χ2n) is 4.46. The van der Waals surface area contributed by atoms with Gasteiger partial charge in [-0.15, -0.1) is 5.10 Å². The van der Waals surface area contributed by atoms with E-state index in [4.69, 9.17) is 0 Å². The molecule has 1 rings (SSSR count). The van der Waals surface area contributed by atoms with Crippen LogP contribution >= 0.6 is 0 Å². The van der Waals surface area contributed by atoms with Gasteiger partial charge in [0.15, 0.2) is 5.82 Å². The molecule has 0 radical (unpaired) electrons. The Morgan fingerprint density at radius 3 is 2.39 bits per heavy atom. The van der Waals surface area contributed by atoms with Gasteiger partial charge in [-0.3, -0.25) is 0 Å². The van der Waals surface area contributed by atoms with Crippen molar-refractivity contribution in [3.63, 3.8) is 0 Å². The van der Waals surface area contributed by atoms with E-state index < -0.39 is 5.97 Å². The zero-order valence-electron chi connectivity index (χ0n) is 11.7. The summed E-state index contributed by atoms with van der Waals surface area (Å²) in [6, 6.07) is 0.240. The fraction of sp³-hybridized carbons (Fsp3) is 0.615. The second-order valence-corrected chi connectivity index (χ2v) is 4.46. The van der Waals surface area contributed by atoms with Crippen LogP contribution in [0.4, 0.5) is 5.82 Å². The molecule has 1 aromatic rings. The molecule has 0 saturated carbocycles. The number of carbonyl (C=O) groups is 1. The Bertz CT molecular complexity index is 446. The summed E-state index contributed by atoms with van der Waals surface area (Å²) in [7, 11) is 0. The van der Waals surface area contributed by atoms with Crippen LogP contribution in [-0.2, 0) is 0 Å². The van der Waals surface area contributed by atoms with Crippen LogP contribution in [0.25, 0.3) is 0 Å². The first-order valence-electron chi connectivity index (χ1n) is 6.27. The van der Waals surface area contributed by atoms with Crippen LogP contribution in [0.1, 0.15) is 48.8 Å². The molecule has 0 aromatic carbocycles. The summed E-state index contributed by atoms with van der Waals surface area (Å²) in [5.41, 5.74) is 1.62. The number of hydrogen-bond acceptors (Lipinski definition) is 4. The molecule has 1 aromatic heterocycles. The van der Waals surface area contributed by atoms with Gasteiger partial charge < -0.3 is 10.0 Å². The Morgan fingerprint density at radius 1 is 1.33 bits per heavy atom. The van der Waals surface area contributed by atoms with Crippen LogP contribution in [-0.4, -0.2) is 33.9 Å². The lowest BCUT2D eigenvalue weighted by atomic mass is 10.1. The van der Waals surface area contributed by atoms with Crippen molar-refractivity contribution in [2.75, 3.05) is 11.4 Å². The summed E-state index contributed by atoms with van der Waals surface area (Å²) in [5.74, 6) is -0.468. The standard InChI is InChI=1S/C13H21N3O2/c1-6-8(3)16(7-2)12-11(13(17)18)9(4)10(5)14-15-12/h8H,6-7H2,1-5H3,(H,17,18). The van der Waals surface area contributed by atoms with E-state index in [-0.39, 0.29) is 11.6 Å². The van der Waals surface area contributed by atoms with Crippen LogP contribution in [0.2, 0.25) is 0 Å². The lowest BCUT2D eigenvalue weighted by Crippen LogP contribution is -2.35. The van der Waals surface area contributed by atoms with E-state index in [0.29, 0.717) is 23.6 Å². The van der Waals surface area contributed by atoms with E-state index in [1.807, 2.05) is 11.8 Å². The minimum atomic E-state index is -0.942. The van der Waals surface area contributed by atoms with E-state index in [1.165, 1.54) is 0 Å². The Labute approximate surface area is 108 Å². The molecule has 0 aliphatic rings. The number of hydrogen-bond donors (Lipinski definition) is 1. The maximum atomic E-state index is 11.4. The molecule has 0 bridgehead atoms. The quantitative estimate of drug-likeness (QED) is 0.870. The van der Waals surface area contributed by atoms with Gasteiger partial charge in [-0.2, -0.15) is 5.10 Å². The lowest BCUT2D eigenvalue weighted by molar-refractivity contribution is 0.0696. The molecule has 1 heterocycles. The fourth-order valence-electron chi connectivity index (χ4n) is 1.94. The number of carboxylic acids is 1. The first-order valence-corrected chi connectivity index (χ1v) is 6.27. The molecule has 0 spiro atoms. The third-order valence-electron chi connectivity index (χ3n) is 3.39. The van der Waals surface area contributed by atoms with Crippen molar-refractivity contribution in [1.29, 1.82) is 0 Å². The average molecular weight is 251 g/mol. The predicted octanol–water partition coefficient (Wildman–Crippen LogP) is 2.42. The van der Waals surface area contributed by atoms with Gasteiger partial charge in [0.05, 0.1) is 5.69 Å². The maximum Gasteiger partial charge on any atom is 0.339 e. The minimum Gasteiger partial charge on any atom is -0.478 e. The van der Waals surface area contributed by atoms with Crippen LogP contribution in [0.3, 0.4) is 0 Å². The smallest absolute Gasteiger partial charge is 0.339 e. The van der Waals surface area contributed by atoms with Gasteiger partial charge in [-0.25, -0.2) is 4.79 Å². The molecule has 5 nitrogen and oxygen atoms in total. The highest BCUT2D eigenvalue weighted by Crippen LogP contribution is 2.24. The minimum absolute atomic E-state index is 0.240. The molecule has 5 heteroatoms. The van der Waals surface area contributed by atoms with Crippen molar-refractivity contribution in [2.45, 2.75) is 47.1 Å². The van der Waals surface area contributed by atoms with Crippen molar-refractivity contribution in [3.8, 4) is 0 Å². The van der Waals surface area contributed by atoms with Crippen LogP contribution in [0, 0.1) is 13.8 Å². The van der Waals surface area contributed by atoms with Crippen molar-refractivity contribution in [1.82, 2.24) is 10.2 Å². The summed E-state index contributed by atoms with van der Waals surface area (Å²) in [4.78, 5) is 13.4. The van der Waals surface area contributed by atoms with Gasteiger partial charge in [0.2, 0.25) is 0 Å². The van der Waals surface area contributed by atoms with Gasteiger partial charge in [0.1, 0.15) is 5.56 Å². The Morgan fingerprint density at radius 2 is 1.94 bits per heavy atom. The molecule has 100 valence electrons. The number of nitrogens with zero attached hydrogens (tertiary/aromatic N) is 3. The molecule has 1 atom stereocenters. The molecule has 0 saturated heterocycles. The monoisotopic (exact) mass is 251 g/mol. The second kappa shape index (κ2) is 5.80. The molecular weight excluding hydrogens is 230 g/mol. The van der Waals surface area contributed by atoms with Crippen LogP contribution in [0.5, 0.6) is 0 Å². The van der Waals surface area contributed by atoms with E-state index in [9.17, 15) is 9.90 Å². The fourth-order valence-corrected chi connectivity index (χ4v) is 1.94. The molecule has 1 N–H and O–H groups in total. The number of aromatic carboxylic acids is 1. The zero-order valence-corrected chi connectivity index (χ0v) is 11.7. The topological polar surface area (TPSA) is 66.3 Å². The van der Waals surface area contributed by atoms with E-state index in [0.717, 1.165) is 6.42 Å². The summed E-state index contributed by atoms with van der Waals surface area (Å²) >= 11 is 0. The molecule has 1 unspecified atom stereocenters. The summed E-state index contributed by atoms with van der Waals surface area (Å²) in [6.45, 7) is 10.4. The number of aromatic nitrogens is 2. The van der Waals surface area contributed by atoms with Gasteiger partial charge in [-0.05, 0) is 39.7 Å². The molecular formula is C13H21N3O2. The summed E-state index contributed by atoms with van der Waals surface area (Å²) < 4.78 is 0. The van der Waals surface area contributed by atoms with Gasteiger partial charge in [-0.1, -0.05) is 6.92 Å². The van der Waals surface area contributed by atoms with Gasteiger partial charge in [0.25, 0.3) is 0 Å². The molecule has 0 aliphatic carbocycles. The Balaban J connectivity index is 3.39. The summed E-state index contributed by atoms with van der Waals surface area (Å²) in [5, 5.41) is 17.5. The first kappa shape index (κ1) is 14.4. The number of carboxylic acid groups (broad SMARTS) is 1. The third-order valence-corrected chi connectivity index (χ3v) is 3.39. The van der Waals surface area contributed by atoms with Crippen LogP contribution < -0.4 is 4.90 Å². The molecule has 0 aliphatic heterocycles. The van der Waals surface area contributed by atoms with Crippen molar-refractivity contribution in [3.05, 3.63) is 16.8 Å². The zero-order chi connectivity index (χ0) is 13.9. The van der Waals surface area contributed by atoms with Crippen molar-refractivity contribution < 1.29 is 9.90 Å². The SMILES string of the molecule is CCC(C)N(CC)c1nnc(C)c(C)c1C(=O)O. The highest BCUT2D eigenvalue weighted by Gasteiger charge is 2.23. The largest absolute Gasteiger partial charge is 0.478 e. The van der Waals surface area contributed by atoms with Crippen LogP contribution in [0.15, 0.2) is 0 Å². The van der Waals surface area contributed by atoms with E-state index in [2.05, 4.69) is 24.0 Å². The first-order chi connectivity index (χ1) is 8.43. The normalized spacial score (nSPS) is 12.3. The molecule has 18 heavy (non-hydrogen) atoms. The lowest BCUT2D eigenvalue weighted by Gasteiger charge is -2.29. The van der Waals surface area contributed by atoms with Crippen molar-refractivity contribution in [2.24, 2.45) is 0 Å². The van der Waals surface area contributed by atoms with E-state index in [1.54, 1.807) is 13.8 Å². The number of anilines is 1. The van der Waals surface area contributed by atoms with Crippen molar-refractivity contribution >= 4 is 11.8 Å².